The highest BCUT2D eigenvalue weighted by Crippen LogP contribution is 2.24. The minimum Gasteiger partial charge on any atom is -0.351 e. The molecular formula is C14H16N2OS. The summed E-state index contributed by atoms with van der Waals surface area (Å²) in [7, 11) is 0. The molecule has 0 spiro atoms. The standard InChI is InChI=1S/C14H16N2OS/c1-10(2)8-15-14(17)13-12(16-9-18-13)11-6-4-3-5-7-11/h3-7,9-10H,8H2,1-2H3,(H,15,17). The van der Waals surface area contributed by atoms with Gasteiger partial charge in [-0.2, -0.15) is 0 Å². The van der Waals surface area contributed by atoms with E-state index in [0.717, 1.165) is 11.3 Å². The van der Waals surface area contributed by atoms with Crippen molar-refractivity contribution in [2.24, 2.45) is 5.92 Å². The molecule has 1 heterocycles. The first-order valence-electron chi connectivity index (χ1n) is 5.95. The van der Waals surface area contributed by atoms with Crippen molar-refractivity contribution in [1.29, 1.82) is 0 Å². The van der Waals surface area contributed by atoms with Crippen LogP contribution in [0.1, 0.15) is 23.5 Å². The van der Waals surface area contributed by atoms with Gasteiger partial charge >= 0.3 is 0 Å². The molecule has 0 aliphatic carbocycles. The number of thiazole rings is 1. The lowest BCUT2D eigenvalue weighted by Gasteiger charge is -2.07. The molecule has 0 saturated carbocycles. The molecule has 0 bridgehead atoms. The first-order valence-corrected chi connectivity index (χ1v) is 6.83. The molecule has 1 N–H and O–H groups in total. The monoisotopic (exact) mass is 260 g/mol. The van der Waals surface area contributed by atoms with Crippen LogP contribution in [0.2, 0.25) is 0 Å². The fourth-order valence-electron chi connectivity index (χ4n) is 1.59. The minimum absolute atomic E-state index is 0.0370. The number of nitrogens with one attached hydrogen (secondary N) is 1. The van der Waals surface area contributed by atoms with E-state index in [1.54, 1.807) is 5.51 Å². The number of hydrogen-bond donors (Lipinski definition) is 1. The highest BCUT2D eigenvalue weighted by atomic mass is 32.1. The van der Waals surface area contributed by atoms with Gasteiger partial charge in [0.2, 0.25) is 0 Å². The first kappa shape index (κ1) is 12.8. The fraction of sp³-hybridized carbons (Fsp3) is 0.286. The lowest BCUT2D eigenvalue weighted by molar-refractivity contribution is 0.0953. The van der Waals surface area contributed by atoms with Crippen LogP contribution in [0.5, 0.6) is 0 Å². The van der Waals surface area contributed by atoms with Gasteiger partial charge in [0.25, 0.3) is 5.91 Å². The molecule has 2 aromatic rings. The normalized spacial score (nSPS) is 10.6. The van der Waals surface area contributed by atoms with Gasteiger partial charge in [-0.05, 0) is 5.92 Å². The van der Waals surface area contributed by atoms with Crippen molar-refractivity contribution in [2.75, 3.05) is 6.54 Å². The molecule has 0 unspecified atom stereocenters. The molecule has 1 aromatic heterocycles. The van der Waals surface area contributed by atoms with Crippen LogP contribution in [-0.2, 0) is 0 Å². The van der Waals surface area contributed by atoms with Crippen LogP contribution in [0.3, 0.4) is 0 Å². The number of hydrogen-bond acceptors (Lipinski definition) is 3. The third-order valence-corrected chi connectivity index (χ3v) is 3.32. The van der Waals surface area contributed by atoms with E-state index in [0.29, 0.717) is 17.3 Å². The van der Waals surface area contributed by atoms with E-state index in [9.17, 15) is 4.79 Å². The number of carbonyl (C=O) groups is 1. The van der Waals surface area contributed by atoms with Crippen molar-refractivity contribution >= 4 is 17.2 Å². The van der Waals surface area contributed by atoms with Crippen LogP contribution in [0, 0.1) is 5.92 Å². The molecule has 4 heteroatoms. The number of amides is 1. The Labute approximate surface area is 111 Å². The van der Waals surface area contributed by atoms with Crippen molar-refractivity contribution in [2.45, 2.75) is 13.8 Å². The maximum absolute atomic E-state index is 12.1. The van der Waals surface area contributed by atoms with E-state index in [-0.39, 0.29) is 5.91 Å². The second-order valence-corrected chi connectivity index (χ2v) is 5.35. The number of carbonyl (C=O) groups excluding carboxylic acids is 1. The zero-order valence-corrected chi connectivity index (χ0v) is 11.3. The molecule has 0 atom stereocenters. The highest BCUT2D eigenvalue weighted by Gasteiger charge is 2.15. The Morgan fingerprint density at radius 3 is 2.72 bits per heavy atom. The summed E-state index contributed by atoms with van der Waals surface area (Å²) >= 11 is 1.38. The second kappa shape index (κ2) is 5.78. The zero-order chi connectivity index (χ0) is 13.0. The lowest BCUT2D eigenvalue weighted by atomic mass is 10.1. The van der Waals surface area contributed by atoms with Gasteiger partial charge in [-0.15, -0.1) is 11.3 Å². The molecule has 0 aliphatic rings. The van der Waals surface area contributed by atoms with Gasteiger partial charge in [0.05, 0.1) is 11.2 Å². The van der Waals surface area contributed by atoms with Gasteiger partial charge in [-0.25, -0.2) is 4.98 Å². The summed E-state index contributed by atoms with van der Waals surface area (Å²) in [4.78, 5) is 17.0. The topological polar surface area (TPSA) is 42.0 Å². The maximum atomic E-state index is 12.1. The quantitative estimate of drug-likeness (QED) is 0.917. The predicted octanol–water partition coefficient (Wildman–Crippen LogP) is 3.20. The van der Waals surface area contributed by atoms with Gasteiger partial charge in [-0.3, -0.25) is 4.79 Å². The Balaban J connectivity index is 2.20. The van der Waals surface area contributed by atoms with Crippen LogP contribution >= 0.6 is 11.3 Å². The van der Waals surface area contributed by atoms with Crippen LogP contribution in [-0.4, -0.2) is 17.4 Å². The number of rotatable bonds is 4. The van der Waals surface area contributed by atoms with Gasteiger partial charge in [0, 0.05) is 12.1 Å². The molecular weight excluding hydrogens is 244 g/mol. The van der Waals surface area contributed by atoms with E-state index in [4.69, 9.17) is 0 Å². The summed E-state index contributed by atoms with van der Waals surface area (Å²) in [6.45, 7) is 4.83. The van der Waals surface area contributed by atoms with E-state index in [2.05, 4.69) is 24.1 Å². The Hall–Kier alpha value is -1.68. The van der Waals surface area contributed by atoms with Crippen molar-refractivity contribution < 1.29 is 4.79 Å². The first-order chi connectivity index (χ1) is 8.68. The van der Waals surface area contributed by atoms with Crippen molar-refractivity contribution in [3.8, 4) is 11.3 Å². The number of aromatic nitrogens is 1. The highest BCUT2D eigenvalue weighted by molar-refractivity contribution is 7.12. The molecule has 94 valence electrons. The summed E-state index contributed by atoms with van der Waals surface area (Å²) in [5.74, 6) is 0.409. The van der Waals surface area contributed by atoms with Crippen molar-refractivity contribution in [3.05, 3.63) is 40.7 Å². The van der Waals surface area contributed by atoms with E-state index in [1.807, 2.05) is 30.3 Å². The Kier molecular flexibility index (Phi) is 4.10. The number of benzene rings is 1. The summed E-state index contributed by atoms with van der Waals surface area (Å²) in [5.41, 5.74) is 3.46. The molecule has 2 rings (SSSR count). The molecule has 18 heavy (non-hydrogen) atoms. The SMILES string of the molecule is CC(C)CNC(=O)c1scnc1-c1ccccc1. The summed E-state index contributed by atoms with van der Waals surface area (Å²) in [5, 5.41) is 2.93. The molecule has 0 fully saturated rings. The largest absolute Gasteiger partial charge is 0.351 e. The fourth-order valence-corrected chi connectivity index (χ4v) is 2.31. The summed E-state index contributed by atoms with van der Waals surface area (Å²) < 4.78 is 0. The van der Waals surface area contributed by atoms with Crippen LogP contribution in [0.25, 0.3) is 11.3 Å². The van der Waals surface area contributed by atoms with E-state index < -0.39 is 0 Å². The van der Waals surface area contributed by atoms with Crippen molar-refractivity contribution in [3.63, 3.8) is 0 Å². The van der Waals surface area contributed by atoms with Gasteiger partial charge in [-0.1, -0.05) is 44.2 Å². The van der Waals surface area contributed by atoms with Crippen LogP contribution < -0.4 is 5.32 Å². The average Bonchev–Trinajstić information content (AvgIpc) is 2.86. The number of nitrogens with zero attached hydrogens (tertiary/aromatic N) is 1. The smallest absolute Gasteiger partial charge is 0.263 e. The zero-order valence-electron chi connectivity index (χ0n) is 10.5. The summed E-state index contributed by atoms with van der Waals surface area (Å²) in [6.07, 6.45) is 0. The molecule has 0 saturated heterocycles. The Morgan fingerprint density at radius 2 is 2.06 bits per heavy atom. The Morgan fingerprint density at radius 1 is 1.33 bits per heavy atom. The van der Waals surface area contributed by atoms with Gasteiger partial charge < -0.3 is 5.32 Å². The van der Waals surface area contributed by atoms with Gasteiger partial charge in [0.1, 0.15) is 4.88 Å². The third kappa shape index (κ3) is 2.96. The molecule has 0 radical (unpaired) electrons. The van der Waals surface area contributed by atoms with Crippen LogP contribution in [0.15, 0.2) is 35.8 Å². The lowest BCUT2D eigenvalue weighted by Crippen LogP contribution is -2.27. The van der Waals surface area contributed by atoms with Gasteiger partial charge in [0.15, 0.2) is 0 Å². The molecule has 3 nitrogen and oxygen atoms in total. The third-order valence-electron chi connectivity index (χ3n) is 2.49. The molecule has 0 aliphatic heterocycles. The predicted molar refractivity (Wildman–Crippen MR) is 74.7 cm³/mol. The Bertz CT molecular complexity index is 520. The van der Waals surface area contributed by atoms with Crippen LogP contribution in [0.4, 0.5) is 0 Å². The van der Waals surface area contributed by atoms with E-state index >= 15 is 0 Å². The molecule has 1 aromatic carbocycles. The van der Waals surface area contributed by atoms with E-state index in [1.165, 1.54) is 11.3 Å². The van der Waals surface area contributed by atoms with Crippen molar-refractivity contribution in [1.82, 2.24) is 10.3 Å². The average molecular weight is 260 g/mol. The molecule has 1 amide bonds. The minimum atomic E-state index is -0.0370. The summed E-state index contributed by atoms with van der Waals surface area (Å²) in [6, 6.07) is 9.78. The second-order valence-electron chi connectivity index (χ2n) is 4.50. The maximum Gasteiger partial charge on any atom is 0.263 e.